The summed E-state index contributed by atoms with van der Waals surface area (Å²) < 4.78 is 38.3. The van der Waals surface area contributed by atoms with Crippen molar-refractivity contribution in [2.75, 3.05) is 11.4 Å². The normalized spacial score (nSPS) is 11.3. The number of hydrogen-bond acceptors (Lipinski definition) is 3. The molecule has 20 heavy (non-hydrogen) atoms. The summed E-state index contributed by atoms with van der Waals surface area (Å²) in [7, 11) is -2.60. The van der Waals surface area contributed by atoms with Crippen LogP contribution in [-0.4, -0.2) is 31.5 Å². The van der Waals surface area contributed by atoms with Gasteiger partial charge in [-0.25, -0.2) is 17.6 Å². The number of anilines is 1. The molecule has 0 amide bonds. The van der Waals surface area contributed by atoms with E-state index in [4.69, 9.17) is 5.11 Å². The Labute approximate surface area is 114 Å². The largest absolute Gasteiger partial charge is 0.477 e. The minimum Gasteiger partial charge on any atom is -0.477 e. The van der Waals surface area contributed by atoms with Crippen LogP contribution >= 0.6 is 0 Å². The standard InChI is InChI=1S/C12H11FN2O4S/c1-15(9-4-2-8(13)3-5-9)20(18,19)10-6-11(12(16)17)14-7-10/h2-7,14H,1H3,(H,16,17). The molecule has 8 heteroatoms. The lowest BCUT2D eigenvalue weighted by molar-refractivity contribution is 0.0691. The number of carboxylic acid groups (broad SMARTS) is 1. The van der Waals surface area contributed by atoms with E-state index in [1.807, 2.05) is 0 Å². The van der Waals surface area contributed by atoms with E-state index in [0.29, 0.717) is 0 Å². The number of carbonyl (C=O) groups is 1. The van der Waals surface area contributed by atoms with E-state index >= 15 is 0 Å². The molecule has 0 bridgehead atoms. The molecule has 0 saturated carbocycles. The molecule has 2 aromatic rings. The van der Waals surface area contributed by atoms with E-state index in [-0.39, 0.29) is 16.3 Å². The fraction of sp³-hybridized carbons (Fsp3) is 0.0833. The molecular formula is C12H11FN2O4S. The summed E-state index contributed by atoms with van der Waals surface area (Å²) in [5.74, 6) is -1.73. The average molecular weight is 298 g/mol. The number of nitrogens with zero attached hydrogens (tertiary/aromatic N) is 1. The number of benzene rings is 1. The molecule has 0 aliphatic rings. The minimum atomic E-state index is -3.90. The highest BCUT2D eigenvalue weighted by atomic mass is 32.2. The van der Waals surface area contributed by atoms with Crippen molar-refractivity contribution >= 4 is 21.7 Å². The number of hydrogen-bond donors (Lipinski definition) is 2. The summed E-state index contributed by atoms with van der Waals surface area (Å²) in [6.45, 7) is 0. The highest BCUT2D eigenvalue weighted by Gasteiger charge is 2.23. The van der Waals surface area contributed by atoms with Crippen molar-refractivity contribution in [1.82, 2.24) is 4.98 Å². The van der Waals surface area contributed by atoms with Crippen molar-refractivity contribution in [3.63, 3.8) is 0 Å². The van der Waals surface area contributed by atoms with Gasteiger partial charge in [0, 0.05) is 13.2 Å². The maximum absolute atomic E-state index is 12.8. The molecule has 1 aromatic carbocycles. The molecule has 2 rings (SSSR count). The predicted molar refractivity (Wildman–Crippen MR) is 69.7 cm³/mol. The van der Waals surface area contributed by atoms with Crippen molar-refractivity contribution < 1.29 is 22.7 Å². The van der Waals surface area contributed by atoms with Gasteiger partial charge in [0.2, 0.25) is 0 Å². The SMILES string of the molecule is CN(c1ccc(F)cc1)S(=O)(=O)c1c[nH]c(C(=O)O)c1. The first-order chi connectivity index (χ1) is 9.32. The molecule has 0 fully saturated rings. The summed E-state index contributed by atoms with van der Waals surface area (Å²) in [5, 5.41) is 8.77. The lowest BCUT2D eigenvalue weighted by atomic mass is 10.3. The third-order valence-electron chi connectivity index (χ3n) is 2.74. The summed E-state index contributed by atoms with van der Waals surface area (Å²) in [6, 6.07) is 5.94. The van der Waals surface area contributed by atoms with E-state index in [2.05, 4.69) is 4.98 Å². The van der Waals surface area contributed by atoms with Crippen LogP contribution in [0, 0.1) is 5.82 Å². The molecular weight excluding hydrogens is 287 g/mol. The Morgan fingerprint density at radius 3 is 2.40 bits per heavy atom. The Morgan fingerprint density at radius 1 is 1.30 bits per heavy atom. The summed E-state index contributed by atoms with van der Waals surface area (Å²) in [6.07, 6.45) is 1.10. The second kappa shape index (κ2) is 4.97. The van der Waals surface area contributed by atoms with E-state index in [1.54, 1.807) is 0 Å². The molecule has 0 radical (unpaired) electrons. The van der Waals surface area contributed by atoms with Crippen LogP contribution in [0.25, 0.3) is 0 Å². The van der Waals surface area contributed by atoms with Crippen molar-refractivity contribution in [2.45, 2.75) is 4.90 Å². The van der Waals surface area contributed by atoms with E-state index in [1.165, 1.54) is 19.2 Å². The Hall–Kier alpha value is -2.35. The third kappa shape index (κ3) is 2.50. The Kier molecular flexibility index (Phi) is 3.49. The van der Waals surface area contributed by atoms with Gasteiger partial charge in [0.05, 0.1) is 5.69 Å². The van der Waals surface area contributed by atoms with Crippen LogP contribution in [0.4, 0.5) is 10.1 Å². The topological polar surface area (TPSA) is 90.5 Å². The van der Waals surface area contributed by atoms with Gasteiger partial charge in [-0.05, 0) is 30.3 Å². The number of aromatic nitrogens is 1. The van der Waals surface area contributed by atoms with Crippen molar-refractivity contribution in [3.05, 3.63) is 48.0 Å². The molecule has 6 nitrogen and oxygen atoms in total. The van der Waals surface area contributed by atoms with Crippen molar-refractivity contribution in [3.8, 4) is 0 Å². The molecule has 0 atom stereocenters. The van der Waals surface area contributed by atoms with Gasteiger partial charge in [0.1, 0.15) is 16.4 Å². The van der Waals surface area contributed by atoms with Crippen LogP contribution in [0.3, 0.4) is 0 Å². The molecule has 1 heterocycles. The van der Waals surface area contributed by atoms with Crippen molar-refractivity contribution in [2.24, 2.45) is 0 Å². The highest BCUT2D eigenvalue weighted by Crippen LogP contribution is 2.22. The van der Waals surface area contributed by atoms with Crippen LogP contribution in [-0.2, 0) is 10.0 Å². The van der Waals surface area contributed by atoms with Crippen LogP contribution in [0.2, 0.25) is 0 Å². The highest BCUT2D eigenvalue weighted by molar-refractivity contribution is 7.92. The molecule has 0 aliphatic carbocycles. The number of nitrogens with one attached hydrogen (secondary N) is 1. The number of halogens is 1. The molecule has 0 unspecified atom stereocenters. The molecule has 106 valence electrons. The van der Waals surface area contributed by atoms with E-state index < -0.39 is 21.8 Å². The van der Waals surface area contributed by atoms with Crippen LogP contribution in [0.1, 0.15) is 10.5 Å². The lowest BCUT2D eigenvalue weighted by Crippen LogP contribution is -2.26. The van der Waals surface area contributed by atoms with Gasteiger partial charge in [-0.15, -0.1) is 0 Å². The van der Waals surface area contributed by atoms with Gasteiger partial charge in [-0.2, -0.15) is 0 Å². The van der Waals surface area contributed by atoms with Gasteiger partial charge in [0.15, 0.2) is 0 Å². The first-order valence-electron chi connectivity index (χ1n) is 5.48. The first-order valence-corrected chi connectivity index (χ1v) is 6.92. The Balaban J connectivity index is 2.38. The zero-order valence-electron chi connectivity index (χ0n) is 10.4. The van der Waals surface area contributed by atoms with Gasteiger partial charge in [-0.1, -0.05) is 0 Å². The monoisotopic (exact) mass is 298 g/mol. The quantitative estimate of drug-likeness (QED) is 0.898. The first kappa shape index (κ1) is 14.1. The number of aromatic amines is 1. The fourth-order valence-corrected chi connectivity index (χ4v) is 2.78. The van der Waals surface area contributed by atoms with Gasteiger partial charge in [-0.3, -0.25) is 4.31 Å². The molecule has 0 saturated heterocycles. The zero-order valence-corrected chi connectivity index (χ0v) is 11.2. The predicted octanol–water partition coefficient (Wildman–Crippen LogP) is 1.68. The zero-order chi connectivity index (χ0) is 14.9. The minimum absolute atomic E-state index is 0.179. The number of aromatic carboxylic acids is 1. The van der Waals surface area contributed by atoms with Gasteiger partial charge >= 0.3 is 5.97 Å². The number of rotatable bonds is 4. The smallest absolute Gasteiger partial charge is 0.352 e. The van der Waals surface area contributed by atoms with Crippen molar-refractivity contribution in [1.29, 1.82) is 0 Å². The summed E-state index contributed by atoms with van der Waals surface area (Å²) in [4.78, 5) is 12.9. The fourth-order valence-electron chi connectivity index (χ4n) is 1.59. The molecule has 1 aromatic heterocycles. The summed E-state index contributed by atoms with van der Waals surface area (Å²) >= 11 is 0. The molecule has 0 aliphatic heterocycles. The number of H-pyrrole nitrogens is 1. The second-order valence-electron chi connectivity index (χ2n) is 4.00. The van der Waals surface area contributed by atoms with Gasteiger partial charge < -0.3 is 10.1 Å². The van der Waals surface area contributed by atoms with Gasteiger partial charge in [0.25, 0.3) is 10.0 Å². The number of sulfonamides is 1. The van der Waals surface area contributed by atoms with Crippen LogP contribution in [0.5, 0.6) is 0 Å². The third-order valence-corrected chi connectivity index (χ3v) is 4.50. The maximum Gasteiger partial charge on any atom is 0.352 e. The second-order valence-corrected chi connectivity index (χ2v) is 5.97. The Morgan fingerprint density at radius 2 is 1.90 bits per heavy atom. The Bertz CT molecular complexity index is 737. The molecule has 2 N–H and O–H groups in total. The van der Waals surface area contributed by atoms with E-state index in [9.17, 15) is 17.6 Å². The van der Waals surface area contributed by atoms with E-state index in [0.717, 1.165) is 28.7 Å². The average Bonchev–Trinajstić information content (AvgIpc) is 2.89. The van der Waals surface area contributed by atoms with Crippen LogP contribution in [0.15, 0.2) is 41.4 Å². The van der Waals surface area contributed by atoms with Crippen LogP contribution < -0.4 is 4.31 Å². The summed E-state index contributed by atoms with van der Waals surface area (Å²) in [5.41, 5.74) is 0.0422. The molecule has 0 spiro atoms. The maximum atomic E-state index is 12.8. The lowest BCUT2D eigenvalue weighted by Gasteiger charge is -2.18. The number of carboxylic acids is 1.